The third-order valence-corrected chi connectivity index (χ3v) is 2.65. The van der Waals surface area contributed by atoms with E-state index in [1.54, 1.807) is 6.07 Å². The summed E-state index contributed by atoms with van der Waals surface area (Å²) in [5, 5.41) is 11.4. The van der Waals surface area contributed by atoms with Crippen LogP contribution in [0.15, 0.2) is 24.3 Å². The van der Waals surface area contributed by atoms with Crippen LogP contribution in [0.25, 0.3) is 0 Å². The molecule has 1 rings (SSSR count). The molecule has 0 bridgehead atoms. The number of benzene rings is 1. The molecule has 1 atom stereocenters. The molecular weight excluding hydrogens is 249 g/mol. The van der Waals surface area contributed by atoms with Crippen molar-refractivity contribution in [1.29, 1.82) is 0 Å². The van der Waals surface area contributed by atoms with Crippen LogP contribution in [0, 0.1) is 11.7 Å². The molecule has 0 unspecified atom stereocenters. The summed E-state index contributed by atoms with van der Waals surface area (Å²) in [6.07, 6.45) is 0.187. The van der Waals surface area contributed by atoms with Gasteiger partial charge in [-0.05, 0) is 24.0 Å². The standard InChI is InChI=1S/C14H18FNO3/c1-9(2)7-12(14(18)19)16-13(17)8-10-5-3-4-6-11(10)15/h3-6,9,12H,7-8H2,1-2H3,(H,16,17)(H,18,19)/t12-/m1/s1. The number of carbonyl (C=O) groups excluding carboxylic acids is 1. The van der Waals surface area contributed by atoms with E-state index in [1.807, 2.05) is 13.8 Å². The van der Waals surface area contributed by atoms with Crippen molar-refractivity contribution in [2.75, 3.05) is 0 Å². The lowest BCUT2D eigenvalue weighted by molar-refractivity contribution is -0.142. The monoisotopic (exact) mass is 267 g/mol. The number of amides is 1. The van der Waals surface area contributed by atoms with Crippen molar-refractivity contribution in [2.45, 2.75) is 32.7 Å². The number of halogens is 1. The van der Waals surface area contributed by atoms with Gasteiger partial charge in [0.2, 0.25) is 5.91 Å². The molecule has 0 aromatic heterocycles. The van der Waals surface area contributed by atoms with Gasteiger partial charge in [-0.2, -0.15) is 0 Å². The van der Waals surface area contributed by atoms with Crippen LogP contribution in [0.4, 0.5) is 4.39 Å². The number of aliphatic carboxylic acids is 1. The maximum absolute atomic E-state index is 13.4. The first-order valence-electron chi connectivity index (χ1n) is 6.15. The molecule has 0 aliphatic rings. The normalized spacial score (nSPS) is 12.2. The number of hydrogen-bond acceptors (Lipinski definition) is 2. The van der Waals surface area contributed by atoms with Crippen molar-refractivity contribution in [3.05, 3.63) is 35.6 Å². The lowest BCUT2D eigenvalue weighted by Crippen LogP contribution is -2.42. The number of carboxylic acids is 1. The van der Waals surface area contributed by atoms with E-state index < -0.39 is 23.7 Å². The van der Waals surface area contributed by atoms with Crippen LogP contribution in [0.1, 0.15) is 25.8 Å². The fourth-order valence-corrected chi connectivity index (χ4v) is 1.75. The van der Waals surface area contributed by atoms with Crippen LogP contribution in [0.3, 0.4) is 0 Å². The molecule has 1 aromatic carbocycles. The third-order valence-electron chi connectivity index (χ3n) is 2.65. The first-order valence-corrected chi connectivity index (χ1v) is 6.15. The Balaban J connectivity index is 2.63. The van der Waals surface area contributed by atoms with Crippen molar-refractivity contribution in [3.8, 4) is 0 Å². The van der Waals surface area contributed by atoms with Gasteiger partial charge < -0.3 is 10.4 Å². The van der Waals surface area contributed by atoms with Gasteiger partial charge in [0.15, 0.2) is 0 Å². The Labute approximate surface area is 111 Å². The second-order valence-electron chi connectivity index (χ2n) is 4.86. The minimum atomic E-state index is -1.07. The van der Waals surface area contributed by atoms with Gasteiger partial charge >= 0.3 is 5.97 Å². The zero-order valence-electron chi connectivity index (χ0n) is 11.0. The number of carboxylic acid groups (broad SMARTS) is 1. The Kier molecular flexibility index (Phi) is 5.48. The molecule has 5 heteroatoms. The summed E-state index contributed by atoms with van der Waals surface area (Å²) in [6, 6.07) is 5.02. The summed E-state index contributed by atoms with van der Waals surface area (Å²) >= 11 is 0. The van der Waals surface area contributed by atoms with Gasteiger partial charge in [0.05, 0.1) is 6.42 Å². The maximum atomic E-state index is 13.4. The van der Waals surface area contributed by atoms with Gasteiger partial charge in [-0.15, -0.1) is 0 Å². The van der Waals surface area contributed by atoms with Crippen LogP contribution in [-0.4, -0.2) is 23.0 Å². The van der Waals surface area contributed by atoms with E-state index in [2.05, 4.69) is 5.32 Å². The molecule has 0 saturated heterocycles. The van der Waals surface area contributed by atoms with E-state index in [-0.39, 0.29) is 17.9 Å². The molecule has 2 N–H and O–H groups in total. The second kappa shape index (κ2) is 6.87. The van der Waals surface area contributed by atoms with Crippen molar-refractivity contribution in [1.82, 2.24) is 5.32 Å². The smallest absolute Gasteiger partial charge is 0.326 e. The number of carbonyl (C=O) groups is 2. The van der Waals surface area contributed by atoms with E-state index in [0.29, 0.717) is 6.42 Å². The van der Waals surface area contributed by atoms with Crippen molar-refractivity contribution in [3.63, 3.8) is 0 Å². The zero-order chi connectivity index (χ0) is 14.4. The lowest BCUT2D eigenvalue weighted by Gasteiger charge is -2.16. The average molecular weight is 267 g/mol. The van der Waals surface area contributed by atoms with E-state index >= 15 is 0 Å². The second-order valence-corrected chi connectivity index (χ2v) is 4.86. The molecule has 0 saturated carbocycles. The molecule has 1 aromatic rings. The van der Waals surface area contributed by atoms with E-state index in [9.17, 15) is 14.0 Å². The van der Waals surface area contributed by atoms with Gasteiger partial charge in [0.1, 0.15) is 11.9 Å². The Hall–Kier alpha value is -1.91. The maximum Gasteiger partial charge on any atom is 0.326 e. The number of rotatable bonds is 6. The molecule has 0 radical (unpaired) electrons. The zero-order valence-corrected chi connectivity index (χ0v) is 11.0. The lowest BCUT2D eigenvalue weighted by atomic mass is 10.0. The molecule has 0 spiro atoms. The SMILES string of the molecule is CC(C)C[C@@H](NC(=O)Cc1ccccc1F)C(=O)O. The summed E-state index contributed by atoms with van der Waals surface area (Å²) in [6.45, 7) is 3.75. The molecule has 0 aliphatic carbocycles. The van der Waals surface area contributed by atoms with Crippen molar-refractivity contribution < 1.29 is 19.1 Å². The first kappa shape index (κ1) is 15.1. The van der Waals surface area contributed by atoms with Crippen LogP contribution < -0.4 is 5.32 Å². The summed E-state index contributed by atoms with van der Waals surface area (Å²) < 4.78 is 13.4. The summed E-state index contributed by atoms with van der Waals surface area (Å²) in [7, 11) is 0. The van der Waals surface area contributed by atoms with Crippen molar-refractivity contribution >= 4 is 11.9 Å². The van der Waals surface area contributed by atoms with E-state index in [1.165, 1.54) is 18.2 Å². The average Bonchev–Trinajstić information content (AvgIpc) is 2.30. The first-order chi connectivity index (χ1) is 8.90. The highest BCUT2D eigenvalue weighted by Gasteiger charge is 2.21. The van der Waals surface area contributed by atoms with Gasteiger partial charge in [0.25, 0.3) is 0 Å². The van der Waals surface area contributed by atoms with Gasteiger partial charge in [-0.3, -0.25) is 4.79 Å². The highest BCUT2D eigenvalue weighted by Crippen LogP contribution is 2.09. The Morgan fingerprint density at radius 3 is 2.47 bits per heavy atom. The van der Waals surface area contributed by atoms with Crippen molar-refractivity contribution in [2.24, 2.45) is 5.92 Å². The molecule has 0 fully saturated rings. The van der Waals surface area contributed by atoms with E-state index in [0.717, 1.165) is 0 Å². The van der Waals surface area contributed by atoms with Crippen LogP contribution in [-0.2, 0) is 16.0 Å². The fraction of sp³-hybridized carbons (Fsp3) is 0.429. The largest absolute Gasteiger partial charge is 0.480 e. The predicted octanol–water partition coefficient (Wildman–Crippen LogP) is 1.98. The molecular formula is C14H18FNO3. The highest BCUT2D eigenvalue weighted by atomic mass is 19.1. The topological polar surface area (TPSA) is 66.4 Å². The molecule has 0 heterocycles. The van der Waals surface area contributed by atoms with Gasteiger partial charge in [-0.1, -0.05) is 32.0 Å². The van der Waals surface area contributed by atoms with Gasteiger partial charge in [0, 0.05) is 0 Å². The molecule has 19 heavy (non-hydrogen) atoms. The molecule has 0 aliphatic heterocycles. The highest BCUT2D eigenvalue weighted by molar-refractivity contribution is 5.84. The summed E-state index contributed by atoms with van der Waals surface area (Å²) in [4.78, 5) is 22.7. The Morgan fingerprint density at radius 2 is 1.95 bits per heavy atom. The van der Waals surface area contributed by atoms with Gasteiger partial charge in [-0.25, -0.2) is 9.18 Å². The fourth-order valence-electron chi connectivity index (χ4n) is 1.75. The third kappa shape index (κ3) is 5.07. The summed E-state index contributed by atoms with van der Waals surface area (Å²) in [5.41, 5.74) is 0.258. The van der Waals surface area contributed by atoms with Crippen LogP contribution in [0.5, 0.6) is 0 Å². The minimum absolute atomic E-state index is 0.148. The van der Waals surface area contributed by atoms with Crippen LogP contribution in [0.2, 0.25) is 0 Å². The Bertz CT molecular complexity index is 460. The molecule has 104 valence electrons. The molecule has 1 amide bonds. The molecule has 4 nitrogen and oxygen atoms in total. The quantitative estimate of drug-likeness (QED) is 0.828. The summed E-state index contributed by atoms with van der Waals surface area (Å²) in [5.74, 6) is -1.88. The number of nitrogens with one attached hydrogen (secondary N) is 1. The van der Waals surface area contributed by atoms with E-state index in [4.69, 9.17) is 5.11 Å². The van der Waals surface area contributed by atoms with Crippen LogP contribution >= 0.6 is 0 Å². The predicted molar refractivity (Wildman–Crippen MR) is 69.1 cm³/mol. The Morgan fingerprint density at radius 1 is 1.32 bits per heavy atom. The minimum Gasteiger partial charge on any atom is -0.480 e. The number of hydrogen-bond donors (Lipinski definition) is 2.